The van der Waals surface area contributed by atoms with Crippen molar-refractivity contribution in [3.63, 3.8) is 0 Å². The molecule has 0 aliphatic rings. The van der Waals surface area contributed by atoms with Crippen molar-refractivity contribution >= 4 is 128 Å². The number of carbonyl (C=O) groups is 8. The van der Waals surface area contributed by atoms with E-state index in [1.54, 1.807) is 213 Å². The Hall–Kier alpha value is -14.6. The molecule has 10 N–H and O–H groups in total. The number of pyridine rings is 6. The number of nitrogens with two attached hydrogens (primary N) is 1. The molecule has 0 saturated heterocycles. The molecule has 0 saturated carbocycles. The molecule has 0 bridgehead atoms. The van der Waals surface area contributed by atoms with Crippen molar-refractivity contribution in [1.29, 1.82) is 0 Å². The number of nitrogens with one attached hydrogen (secondary N) is 8. The van der Waals surface area contributed by atoms with Crippen LogP contribution in [-0.2, 0) is 6.54 Å². The van der Waals surface area contributed by atoms with Gasteiger partial charge in [0.25, 0.3) is 47.3 Å². The number of rotatable bonds is 20. The highest BCUT2D eigenvalue weighted by Crippen LogP contribution is 2.34. The number of aromatic nitrogens is 6. The van der Waals surface area contributed by atoms with Crippen LogP contribution in [0.4, 0.5) is 34.3 Å². The number of carbonyl (C=O) groups excluding carboxylic acids is 8. The van der Waals surface area contributed by atoms with Crippen molar-refractivity contribution in [3.05, 3.63) is 380 Å². The molecule has 6 heterocycles. The van der Waals surface area contributed by atoms with Crippen LogP contribution in [0.5, 0.6) is 0 Å². The van der Waals surface area contributed by atoms with Crippen molar-refractivity contribution in [2.45, 2.75) is 52.7 Å². The second-order valence-electron chi connectivity index (χ2n) is 28.0. The number of halogens is 4. The van der Waals surface area contributed by atoms with Gasteiger partial charge < -0.3 is 48.3 Å². The first-order valence-corrected chi connectivity index (χ1v) is 39.1. The van der Waals surface area contributed by atoms with Gasteiger partial charge in [-0.3, -0.25) is 63.3 Å². The zero-order valence-electron chi connectivity index (χ0n) is 65.8. The Morgan fingerprint density at radius 3 is 0.851 bits per heavy atom. The zero-order valence-corrected chi connectivity index (χ0v) is 68.8. The molecule has 606 valence electrons. The van der Waals surface area contributed by atoms with Gasteiger partial charge in [-0.15, -0.1) is 0 Å². The molecule has 0 aliphatic carbocycles. The lowest BCUT2D eigenvalue weighted by molar-refractivity contribution is 0.0914. The molecule has 6 aromatic heterocycles. The lowest BCUT2D eigenvalue weighted by Gasteiger charge is -2.20. The molecule has 0 aliphatic heterocycles. The maximum atomic E-state index is 12.7. The molecule has 0 spiro atoms. The lowest BCUT2D eigenvalue weighted by atomic mass is 10.1. The molecular formula is C94H79Cl4N15O8. The monoisotopic (exact) mass is 1690 g/mol. The maximum Gasteiger partial charge on any atom is 0.255 e. The smallest absolute Gasteiger partial charge is 0.255 e. The minimum Gasteiger partial charge on any atom is -0.384 e. The zero-order chi connectivity index (χ0) is 86.0. The van der Waals surface area contributed by atoms with Gasteiger partial charge in [-0.1, -0.05) is 76.7 Å². The fourth-order valence-corrected chi connectivity index (χ4v) is 12.3. The lowest BCUT2D eigenvalue weighted by Crippen LogP contribution is -2.40. The average molecular weight is 1690 g/mol. The van der Waals surface area contributed by atoms with Gasteiger partial charge in [0.2, 0.25) is 0 Å². The van der Waals surface area contributed by atoms with E-state index in [4.69, 9.17) is 52.1 Å². The summed E-state index contributed by atoms with van der Waals surface area (Å²) in [6, 6.07) is 77.8. The number of hydrogen-bond acceptors (Lipinski definition) is 15. The first-order chi connectivity index (χ1) is 58.3. The summed E-state index contributed by atoms with van der Waals surface area (Å²) in [5, 5.41) is 24.8. The van der Waals surface area contributed by atoms with E-state index >= 15 is 0 Å². The number of amides is 8. The maximum absolute atomic E-state index is 12.7. The van der Waals surface area contributed by atoms with E-state index in [2.05, 4.69) is 72.4 Å². The van der Waals surface area contributed by atoms with Crippen LogP contribution in [0, 0.1) is 0 Å². The average Bonchev–Trinajstić information content (AvgIpc) is 0.833. The van der Waals surface area contributed by atoms with E-state index < -0.39 is 0 Å². The molecule has 0 unspecified atom stereocenters. The van der Waals surface area contributed by atoms with E-state index in [0.717, 1.165) is 39.5 Å². The Bertz CT molecular complexity index is 5970. The van der Waals surface area contributed by atoms with Gasteiger partial charge in [-0.05, 0) is 277 Å². The number of hydrogen-bond donors (Lipinski definition) is 9. The van der Waals surface area contributed by atoms with Crippen molar-refractivity contribution < 1.29 is 38.4 Å². The van der Waals surface area contributed by atoms with Gasteiger partial charge in [0, 0.05) is 132 Å². The van der Waals surface area contributed by atoms with E-state index in [-0.39, 0.29) is 58.8 Å². The van der Waals surface area contributed by atoms with Gasteiger partial charge in [0.05, 0.1) is 67.0 Å². The van der Waals surface area contributed by atoms with Crippen LogP contribution in [0.15, 0.2) is 310 Å². The van der Waals surface area contributed by atoms with Crippen LogP contribution in [0.2, 0.25) is 20.1 Å². The highest BCUT2D eigenvalue weighted by atomic mass is 35.5. The molecule has 8 aromatic carbocycles. The summed E-state index contributed by atoms with van der Waals surface area (Å²) in [5.41, 5.74) is 18.3. The molecule has 0 atom stereocenters. The van der Waals surface area contributed by atoms with Gasteiger partial charge in [-0.25, -0.2) is 4.98 Å². The SMILES string of the molecule is CC(C)(C)NC(=O)c1ccc(C(=O)Nc2ccc(Cl)c(-c3ccccn3)c2)cc1.CC(C)NC(=O)c1ccc(C(=O)Nc2ccc(Cl)c(-c3ccccn3)c2)cc1.Nc1ccc(NC(=O)c2ccc(C(=O)Nc3ccc(Cl)c(-c4ccccn4)c3)cc2)cn1.O=C(NCc1ccccn1)c1ccc(C(=O)Nc2ccc(Cl)c(-c3ccccn3)c2)cc1. The predicted octanol–water partition coefficient (Wildman–Crippen LogP) is 19.8. The first kappa shape index (κ1) is 87.2. The summed E-state index contributed by atoms with van der Waals surface area (Å²) in [7, 11) is 0. The van der Waals surface area contributed by atoms with Gasteiger partial charge >= 0.3 is 0 Å². The van der Waals surface area contributed by atoms with Crippen LogP contribution in [0.25, 0.3) is 45.0 Å². The van der Waals surface area contributed by atoms with Crippen molar-refractivity contribution in [1.82, 2.24) is 45.9 Å². The fraction of sp³-hybridized carbons (Fsp3) is 0.0851. The Morgan fingerprint density at radius 2 is 0.587 bits per heavy atom. The molecule has 8 amide bonds. The van der Waals surface area contributed by atoms with Crippen LogP contribution >= 0.6 is 46.4 Å². The third kappa shape index (κ3) is 25.7. The van der Waals surface area contributed by atoms with E-state index in [9.17, 15) is 38.4 Å². The summed E-state index contributed by atoms with van der Waals surface area (Å²) in [4.78, 5) is 125. The van der Waals surface area contributed by atoms with Crippen LogP contribution in [0.3, 0.4) is 0 Å². The van der Waals surface area contributed by atoms with Crippen LogP contribution < -0.4 is 48.3 Å². The van der Waals surface area contributed by atoms with Gasteiger partial charge in [0.15, 0.2) is 0 Å². The van der Waals surface area contributed by atoms with E-state index in [0.29, 0.717) is 117 Å². The third-order valence-electron chi connectivity index (χ3n) is 17.4. The summed E-state index contributed by atoms with van der Waals surface area (Å²) in [6.07, 6.45) is 9.89. The van der Waals surface area contributed by atoms with Crippen molar-refractivity contribution in [2.75, 3.05) is 32.3 Å². The Morgan fingerprint density at radius 1 is 0.314 bits per heavy atom. The van der Waals surface area contributed by atoms with Crippen LogP contribution in [0.1, 0.15) is 123 Å². The summed E-state index contributed by atoms with van der Waals surface area (Å²) in [5.74, 6) is -1.68. The predicted molar refractivity (Wildman–Crippen MR) is 478 cm³/mol. The van der Waals surface area contributed by atoms with Gasteiger partial charge in [0.1, 0.15) is 5.82 Å². The van der Waals surface area contributed by atoms with E-state index in [1.165, 1.54) is 6.20 Å². The number of nitrogens with zero attached hydrogens (tertiary/aromatic N) is 6. The van der Waals surface area contributed by atoms with Crippen molar-refractivity contribution in [3.8, 4) is 45.0 Å². The number of nitrogen functional groups attached to an aromatic ring is 1. The standard InChI is InChI=1S/C25H19ClN4O2.C24H18ClN5O2.C23H22ClN3O2.C22H20ClN3O2/c26-22-12-11-19(15-21(22)23-6-2-4-14-28-23)30-25(32)18-9-7-17(8-10-18)24(31)29-16-20-5-1-3-13-27-20;25-20-10-8-17(13-19(20)21-3-1-2-12-27-21)29-23(31)15-4-6-16(7-5-15)24(32)30-18-9-11-22(26)28-14-18;1-23(2,3)27-22(29)16-9-7-15(8-10-16)21(28)26-17-11-12-19(24)18(14-17)20-6-4-5-13-25-20;1-14(2)25-21(27)15-6-8-16(9-7-15)22(28)26-17-10-11-19(23)18(13-17)20-5-3-4-12-24-20/h1-15H,16H2,(H,29,31)(H,30,32);1-14H,(H2,26,28)(H,29,31)(H,30,32);4-14H,1-3H3,(H,26,28)(H,27,29);3-14H,1-2H3,(H,25,27)(H,26,28). The van der Waals surface area contributed by atoms with Crippen LogP contribution in [-0.4, -0.2) is 88.7 Å². The number of benzene rings is 8. The summed E-state index contributed by atoms with van der Waals surface area (Å²) in [6.45, 7) is 9.86. The minimum atomic E-state index is -0.326. The molecule has 27 heteroatoms. The Balaban J connectivity index is 0.000000158. The second-order valence-corrected chi connectivity index (χ2v) is 29.7. The second kappa shape index (κ2) is 42.0. The molecule has 14 rings (SSSR count). The highest BCUT2D eigenvalue weighted by Gasteiger charge is 2.20. The topological polar surface area (TPSA) is 336 Å². The largest absolute Gasteiger partial charge is 0.384 e. The molecule has 23 nitrogen and oxygen atoms in total. The quantitative estimate of drug-likeness (QED) is 0.0342. The highest BCUT2D eigenvalue weighted by molar-refractivity contribution is 6.35. The fourth-order valence-electron chi connectivity index (χ4n) is 11.4. The van der Waals surface area contributed by atoms with Gasteiger partial charge in [-0.2, -0.15) is 0 Å². The first-order valence-electron chi connectivity index (χ1n) is 37.6. The Kier molecular flexibility index (Phi) is 30.3. The summed E-state index contributed by atoms with van der Waals surface area (Å²) < 4.78 is 0. The normalized spacial score (nSPS) is 10.6. The minimum absolute atomic E-state index is 0.0497. The summed E-state index contributed by atoms with van der Waals surface area (Å²) >= 11 is 25.2. The van der Waals surface area contributed by atoms with E-state index in [1.807, 2.05) is 126 Å². The van der Waals surface area contributed by atoms with Crippen molar-refractivity contribution in [2.24, 2.45) is 0 Å². The molecule has 0 radical (unpaired) electrons. The molecule has 0 fully saturated rings. The Labute approximate surface area is 718 Å². The molecule has 121 heavy (non-hydrogen) atoms. The molecule has 14 aromatic rings. The third-order valence-corrected chi connectivity index (χ3v) is 18.7. The molecular weight excluding hydrogens is 1610 g/mol. The number of anilines is 6.